The maximum Gasteiger partial charge on any atom is 0.267 e. The number of hydrogen-bond acceptors (Lipinski definition) is 3. The van der Waals surface area contributed by atoms with Gasteiger partial charge < -0.3 is 0 Å². The minimum absolute atomic E-state index is 0.102. The summed E-state index contributed by atoms with van der Waals surface area (Å²) in [6.07, 6.45) is 1.55. The molecule has 0 saturated heterocycles. The molecule has 0 bridgehead atoms. The minimum Gasteiger partial charge on any atom is -0.268 e. The van der Waals surface area contributed by atoms with E-state index >= 15 is 0 Å². The van der Waals surface area contributed by atoms with E-state index < -0.39 is 0 Å². The van der Waals surface area contributed by atoms with Crippen LogP contribution < -0.4 is 5.56 Å². The Morgan fingerprint density at radius 3 is 3.00 bits per heavy atom. The van der Waals surface area contributed by atoms with E-state index in [0.717, 1.165) is 0 Å². The lowest BCUT2D eigenvalue weighted by Crippen LogP contribution is -2.20. The second-order valence-electron chi connectivity index (χ2n) is 1.87. The molecule has 10 heavy (non-hydrogen) atoms. The van der Waals surface area contributed by atoms with Gasteiger partial charge in [-0.3, -0.25) is 4.79 Å². The summed E-state index contributed by atoms with van der Waals surface area (Å²) in [6.45, 7) is 2.47. The fourth-order valence-corrected chi connectivity index (χ4v) is 0.824. The number of hydrogen-bond donors (Lipinski definition) is 1. The van der Waals surface area contributed by atoms with Crippen molar-refractivity contribution in [3.05, 3.63) is 22.6 Å². The van der Waals surface area contributed by atoms with Crippen LogP contribution in [0.4, 0.5) is 0 Å². The summed E-state index contributed by atoms with van der Waals surface area (Å²) in [6, 6.07) is 1.44. The lowest BCUT2D eigenvalue weighted by atomic mass is 10.5. The highest BCUT2D eigenvalue weighted by Crippen LogP contribution is 1.95. The molecule has 0 unspecified atom stereocenters. The molecule has 0 aromatic carbocycles. The van der Waals surface area contributed by atoms with E-state index in [9.17, 15) is 4.79 Å². The van der Waals surface area contributed by atoms with Crippen LogP contribution in [0.1, 0.15) is 6.92 Å². The fraction of sp³-hybridized carbons (Fsp3) is 0.333. The molecule has 1 heterocycles. The van der Waals surface area contributed by atoms with E-state index in [1.54, 1.807) is 6.20 Å². The smallest absolute Gasteiger partial charge is 0.267 e. The molecule has 0 atom stereocenters. The van der Waals surface area contributed by atoms with Crippen LogP contribution in [-0.4, -0.2) is 9.78 Å². The second kappa shape index (κ2) is 2.88. The summed E-state index contributed by atoms with van der Waals surface area (Å²) < 4.78 is 1.37. The van der Waals surface area contributed by atoms with Gasteiger partial charge in [-0.15, -0.1) is 12.6 Å². The van der Waals surface area contributed by atoms with Crippen molar-refractivity contribution >= 4 is 12.6 Å². The third kappa shape index (κ3) is 1.39. The Balaban J connectivity index is 3.20. The lowest BCUT2D eigenvalue weighted by molar-refractivity contribution is 0.608. The summed E-state index contributed by atoms with van der Waals surface area (Å²) >= 11 is 3.96. The molecule has 0 radical (unpaired) electrons. The molecule has 0 aliphatic carbocycles. The van der Waals surface area contributed by atoms with E-state index in [2.05, 4.69) is 17.7 Å². The quantitative estimate of drug-likeness (QED) is 0.603. The van der Waals surface area contributed by atoms with E-state index in [0.29, 0.717) is 11.4 Å². The Morgan fingerprint density at radius 1 is 1.80 bits per heavy atom. The van der Waals surface area contributed by atoms with Crippen molar-refractivity contribution in [3.63, 3.8) is 0 Å². The van der Waals surface area contributed by atoms with E-state index in [4.69, 9.17) is 0 Å². The predicted molar refractivity (Wildman–Crippen MR) is 41.4 cm³/mol. The van der Waals surface area contributed by atoms with Gasteiger partial charge in [0.25, 0.3) is 5.56 Å². The van der Waals surface area contributed by atoms with Crippen LogP contribution in [0.5, 0.6) is 0 Å². The van der Waals surface area contributed by atoms with Gasteiger partial charge in [0.1, 0.15) is 0 Å². The largest absolute Gasteiger partial charge is 0.268 e. The van der Waals surface area contributed by atoms with Crippen LogP contribution in [0.15, 0.2) is 22.0 Å². The molecule has 3 nitrogen and oxygen atoms in total. The van der Waals surface area contributed by atoms with Crippen molar-refractivity contribution in [2.24, 2.45) is 0 Å². The van der Waals surface area contributed by atoms with Crippen molar-refractivity contribution in [2.45, 2.75) is 18.4 Å². The first-order valence-electron chi connectivity index (χ1n) is 3.00. The molecule has 0 spiro atoms. The topological polar surface area (TPSA) is 34.9 Å². The number of aryl methyl sites for hydroxylation is 1. The number of aromatic nitrogens is 2. The van der Waals surface area contributed by atoms with Gasteiger partial charge in [-0.2, -0.15) is 5.10 Å². The molecule has 1 aromatic rings. The zero-order chi connectivity index (χ0) is 7.56. The first-order valence-corrected chi connectivity index (χ1v) is 3.45. The van der Waals surface area contributed by atoms with E-state index in [-0.39, 0.29) is 5.56 Å². The average molecular weight is 156 g/mol. The highest BCUT2D eigenvalue weighted by Gasteiger charge is 1.92. The van der Waals surface area contributed by atoms with Crippen molar-refractivity contribution < 1.29 is 0 Å². The third-order valence-electron chi connectivity index (χ3n) is 1.15. The molecule has 1 aromatic heterocycles. The maximum atomic E-state index is 10.9. The minimum atomic E-state index is -0.102. The van der Waals surface area contributed by atoms with Crippen molar-refractivity contribution in [3.8, 4) is 0 Å². The van der Waals surface area contributed by atoms with Crippen LogP contribution in [0.2, 0.25) is 0 Å². The molecule has 0 amide bonds. The first kappa shape index (κ1) is 7.34. The highest BCUT2D eigenvalue weighted by atomic mass is 32.1. The number of rotatable bonds is 1. The molecule has 4 heteroatoms. The zero-order valence-electron chi connectivity index (χ0n) is 5.61. The third-order valence-corrected chi connectivity index (χ3v) is 1.40. The van der Waals surface area contributed by atoms with Crippen LogP contribution in [0, 0.1) is 0 Å². The summed E-state index contributed by atoms with van der Waals surface area (Å²) in [5.41, 5.74) is -0.102. The van der Waals surface area contributed by atoms with Gasteiger partial charge in [0.05, 0.1) is 6.20 Å². The summed E-state index contributed by atoms with van der Waals surface area (Å²) in [7, 11) is 0. The molecule has 0 N–H and O–H groups in total. The zero-order valence-corrected chi connectivity index (χ0v) is 6.51. The predicted octanol–water partition coefficient (Wildman–Crippen LogP) is 0.552. The Labute approximate surface area is 64.1 Å². The van der Waals surface area contributed by atoms with E-state index in [1.165, 1.54) is 10.7 Å². The molecule has 0 saturated carbocycles. The van der Waals surface area contributed by atoms with Crippen molar-refractivity contribution in [1.29, 1.82) is 0 Å². The number of thiol groups is 1. The Morgan fingerprint density at radius 2 is 2.50 bits per heavy atom. The van der Waals surface area contributed by atoms with Gasteiger partial charge in [-0.25, -0.2) is 4.68 Å². The standard InChI is InChI=1S/C6H8N2OS/c1-2-8-6(9)3-5(10)4-7-8/h3-4,10H,2H2,1H3. The second-order valence-corrected chi connectivity index (χ2v) is 2.38. The van der Waals surface area contributed by atoms with Gasteiger partial charge in [0.2, 0.25) is 0 Å². The van der Waals surface area contributed by atoms with Gasteiger partial charge in [-0.1, -0.05) is 0 Å². The summed E-state index contributed by atoms with van der Waals surface area (Å²) in [4.78, 5) is 11.5. The molecular formula is C6H8N2OS. The van der Waals surface area contributed by atoms with E-state index in [1.807, 2.05) is 6.92 Å². The van der Waals surface area contributed by atoms with Crippen LogP contribution in [-0.2, 0) is 6.54 Å². The highest BCUT2D eigenvalue weighted by molar-refractivity contribution is 7.80. The Hall–Kier alpha value is -0.770. The summed E-state index contributed by atoms with van der Waals surface area (Å²) in [5, 5.41) is 3.82. The Kier molecular flexibility index (Phi) is 2.11. The Bertz CT molecular complexity index is 281. The molecule has 0 aliphatic heterocycles. The first-order chi connectivity index (χ1) is 4.74. The fourth-order valence-electron chi connectivity index (χ4n) is 0.662. The molecule has 1 rings (SSSR count). The number of nitrogens with zero attached hydrogens (tertiary/aromatic N) is 2. The monoisotopic (exact) mass is 156 g/mol. The maximum absolute atomic E-state index is 10.9. The average Bonchev–Trinajstić information content (AvgIpc) is 1.88. The normalized spacial score (nSPS) is 9.80. The van der Waals surface area contributed by atoms with Gasteiger partial charge in [-0.05, 0) is 6.92 Å². The van der Waals surface area contributed by atoms with Crippen molar-refractivity contribution in [2.75, 3.05) is 0 Å². The molecule has 54 valence electrons. The van der Waals surface area contributed by atoms with Crippen molar-refractivity contribution in [1.82, 2.24) is 9.78 Å². The molecule has 0 fully saturated rings. The van der Waals surface area contributed by atoms with Gasteiger partial charge in [0.15, 0.2) is 0 Å². The molecule has 0 aliphatic rings. The van der Waals surface area contributed by atoms with Crippen LogP contribution in [0.3, 0.4) is 0 Å². The van der Waals surface area contributed by atoms with Crippen LogP contribution >= 0.6 is 12.6 Å². The summed E-state index contributed by atoms with van der Waals surface area (Å²) in [5.74, 6) is 0. The molecular weight excluding hydrogens is 148 g/mol. The lowest BCUT2D eigenvalue weighted by Gasteiger charge is -1.97. The van der Waals surface area contributed by atoms with Crippen LogP contribution in [0.25, 0.3) is 0 Å². The van der Waals surface area contributed by atoms with Gasteiger partial charge >= 0.3 is 0 Å². The van der Waals surface area contributed by atoms with Gasteiger partial charge in [0, 0.05) is 17.5 Å². The SMILES string of the molecule is CCn1ncc(S)cc1=O.